The number of nitrogen functional groups attached to an aromatic ring is 1. The van der Waals surface area contributed by atoms with Crippen molar-refractivity contribution in [3.8, 4) is 5.88 Å². The highest BCUT2D eigenvalue weighted by atomic mass is 16.5. The number of aromatic hydroxyl groups is 1. The summed E-state index contributed by atoms with van der Waals surface area (Å²) in [6, 6.07) is -0.843. The molecule has 3 fully saturated rings. The Balaban J connectivity index is 1.59. The Labute approximate surface area is 189 Å². The molecular weight excluding hydrogens is 432 g/mol. The van der Waals surface area contributed by atoms with Crippen LogP contribution in [0.15, 0.2) is 9.59 Å². The number of imide groups is 1. The number of carbonyl (C=O) groups excluding carboxylic acids is 2. The van der Waals surface area contributed by atoms with Gasteiger partial charge >= 0.3 is 11.7 Å². The number of carbonyl (C=O) groups is 2. The van der Waals surface area contributed by atoms with Gasteiger partial charge in [0.2, 0.25) is 5.88 Å². The van der Waals surface area contributed by atoms with Crippen molar-refractivity contribution in [2.45, 2.75) is 64.1 Å². The quantitative estimate of drug-likeness (QED) is 0.258. The lowest BCUT2D eigenvalue weighted by Crippen LogP contribution is -2.65. The molecule has 3 heterocycles. The van der Waals surface area contributed by atoms with E-state index in [1.54, 1.807) is 4.90 Å². The molecule has 1 aliphatic carbocycles. The second-order valence-electron chi connectivity index (χ2n) is 9.63. The fourth-order valence-corrected chi connectivity index (χ4v) is 5.14. The van der Waals surface area contributed by atoms with E-state index in [4.69, 9.17) is 15.9 Å². The van der Waals surface area contributed by atoms with Gasteiger partial charge in [-0.2, -0.15) is 0 Å². The summed E-state index contributed by atoms with van der Waals surface area (Å²) in [4.78, 5) is 52.3. The number of amidine groups is 1. The van der Waals surface area contributed by atoms with Crippen molar-refractivity contribution in [3.05, 3.63) is 26.4 Å². The zero-order valence-electron chi connectivity index (χ0n) is 18.8. The predicted octanol–water partition coefficient (Wildman–Crippen LogP) is -0.148. The van der Waals surface area contributed by atoms with Gasteiger partial charge in [0.1, 0.15) is 11.4 Å². The smallest absolute Gasteiger partial charge is 0.334 e. The Morgan fingerprint density at radius 2 is 1.88 bits per heavy atom. The van der Waals surface area contributed by atoms with Crippen molar-refractivity contribution >= 4 is 17.8 Å². The van der Waals surface area contributed by atoms with E-state index in [1.807, 2.05) is 13.8 Å². The first-order valence-electron chi connectivity index (χ1n) is 11.2. The molecule has 0 radical (unpaired) electrons. The first-order chi connectivity index (χ1) is 15.5. The fraction of sp³-hybridized carbons (Fsp3) is 0.667. The molecule has 3 aliphatic rings. The van der Waals surface area contributed by atoms with E-state index in [1.165, 1.54) is 0 Å². The number of hydrogen-bond donors (Lipinski definition) is 4. The van der Waals surface area contributed by atoms with Gasteiger partial charge in [-0.1, -0.05) is 13.8 Å². The highest BCUT2D eigenvalue weighted by Crippen LogP contribution is 2.43. The van der Waals surface area contributed by atoms with Gasteiger partial charge < -0.3 is 20.5 Å². The Morgan fingerprint density at radius 1 is 1.24 bits per heavy atom. The topological polar surface area (TPSA) is 173 Å². The molecule has 3 amide bonds. The number of nitrogens with two attached hydrogens (primary N) is 1. The minimum atomic E-state index is -0.935. The summed E-state index contributed by atoms with van der Waals surface area (Å²) in [5.41, 5.74) is 2.55. The minimum Gasteiger partial charge on any atom is -0.494 e. The van der Waals surface area contributed by atoms with Crippen LogP contribution in [0.3, 0.4) is 0 Å². The van der Waals surface area contributed by atoms with Crippen LogP contribution >= 0.6 is 0 Å². The summed E-state index contributed by atoms with van der Waals surface area (Å²) >= 11 is 0. The largest absolute Gasteiger partial charge is 0.494 e. The molecule has 5 N–H and O–H groups in total. The van der Waals surface area contributed by atoms with E-state index in [2.05, 4.69) is 5.32 Å². The van der Waals surface area contributed by atoms with Gasteiger partial charge in [0.05, 0.1) is 13.2 Å². The number of aromatic nitrogens is 2. The molecule has 1 saturated carbocycles. The fourth-order valence-electron chi connectivity index (χ4n) is 5.14. The van der Waals surface area contributed by atoms with Crippen LogP contribution in [0.1, 0.15) is 57.6 Å². The first kappa shape index (κ1) is 23.0. The zero-order chi connectivity index (χ0) is 24.1. The van der Waals surface area contributed by atoms with E-state index in [9.17, 15) is 24.3 Å². The maximum Gasteiger partial charge on any atom is 0.334 e. The van der Waals surface area contributed by atoms with Crippen LogP contribution < -0.4 is 22.3 Å². The van der Waals surface area contributed by atoms with Gasteiger partial charge in [-0.3, -0.25) is 29.4 Å². The number of nitrogens with zero attached hydrogens (tertiary/aromatic N) is 3. The number of rotatable bonds is 6. The standard InChI is InChI=1S/C21H30N6O6/c1-3-8-25-15(28)13(14(22)23)16(29)27(19(25)32)12-4-6-20(2,7-5-12)9-26-18(31)24-17(30)21(26)10-33-11-21/h12,28H,3-11H2,1-2H3,(H3,22,23)(H,24,30,31). The molecule has 1 spiro atoms. The molecule has 12 heteroatoms. The van der Waals surface area contributed by atoms with Crippen LogP contribution in [0.4, 0.5) is 4.79 Å². The highest BCUT2D eigenvalue weighted by Gasteiger charge is 2.59. The van der Waals surface area contributed by atoms with Crippen LogP contribution in [-0.2, 0) is 16.1 Å². The Kier molecular flexibility index (Phi) is 5.59. The predicted molar refractivity (Wildman–Crippen MR) is 117 cm³/mol. The normalized spacial score (nSPS) is 26.4. The zero-order valence-corrected chi connectivity index (χ0v) is 18.8. The second kappa shape index (κ2) is 8.01. The molecule has 1 aromatic rings. The maximum absolute atomic E-state index is 13.1. The van der Waals surface area contributed by atoms with Gasteiger partial charge in [0.25, 0.3) is 11.5 Å². The molecule has 180 valence electrons. The van der Waals surface area contributed by atoms with Crippen molar-refractivity contribution in [2.24, 2.45) is 11.1 Å². The van der Waals surface area contributed by atoms with Gasteiger partial charge in [-0.05, 0) is 37.5 Å². The van der Waals surface area contributed by atoms with Crippen molar-refractivity contribution in [1.29, 1.82) is 5.41 Å². The number of amides is 3. The van der Waals surface area contributed by atoms with Crippen molar-refractivity contribution in [3.63, 3.8) is 0 Å². The van der Waals surface area contributed by atoms with Crippen molar-refractivity contribution in [2.75, 3.05) is 19.8 Å². The molecule has 0 aromatic carbocycles. The van der Waals surface area contributed by atoms with E-state index >= 15 is 0 Å². The number of nitrogens with one attached hydrogen (secondary N) is 2. The number of ether oxygens (including phenoxy) is 1. The first-order valence-corrected chi connectivity index (χ1v) is 11.2. The Hall–Kier alpha value is -3.15. The SMILES string of the molecule is CCCn1c(O)c(C(=N)N)c(=O)n(C2CCC(C)(CN3C(=O)NC(=O)C34COC4)CC2)c1=O. The van der Waals surface area contributed by atoms with Crippen LogP contribution in [0, 0.1) is 10.8 Å². The molecular formula is C21H30N6O6. The lowest BCUT2D eigenvalue weighted by Gasteiger charge is -2.47. The molecule has 0 unspecified atom stereocenters. The lowest BCUT2D eigenvalue weighted by molar-refractivity contribution is -0.156. The van der Waals surface area contributed by atoms with Crippen molar-refractivity contribution in [1.82, 2.24) is 19.4 Å². The van der Waals surface area contributed by atoms with Crippen molar-refractivity contribution < 1.29 is 19.4 Å². The third kappa shape index (κ3) is 3.52. The number of urea groups is 1. The van der Waals surface area contributed by atoms with Gasteiger partial charge in [0, 0.05) is 19.1 Å². The third-order valence-corrected chi connectivity index (χ3v) is 7.22. The molecule has 2 saturated heterocycles. The second-order valence-corrected chi connectivity index (χ2v) is 9.63. The highest BCUT2D eigenvalue weighted by molar-refractivity contribution is 6.07. The van der Waals surface area contributed by atoms with Gasteiger partial charge in [0.15, 0.2) is 5.54 Å². The summed E-state index contributed by atoms with van der Waals surface area (Å²) in [6.45, 7) is 4.78. The summed E-state index contributed by atoms with van der Waals surface area (Å²) in [7, 11) is 0. The van der Waals surface area contributed by atoms with Crippen LogP contribution in [-0.4, -0.2) is 62.2 Å². The lowest BCUT2D eigenvalue weighted by atomic mass is 9.73. The van der Waals surface area contributed by atoms with E-state index in [0.29, 0.717) is 38.6 Å². The monoisotopic (exact) mass is 462 g/mol. The van der Waals surface area contributed by atoms with Crippen LogP contribution in [0.25, 0.3) is 0 Å². The average molecular weight is 463 g/mol. The Morgan fingerprint density at radius 3 is 2.39 bits per heavy atom. The molecule has 0 atom stereocenters. The van der Waals surface area contributed by atoms with E-state index in [0.717, 1.165) is 9.13 Å². The van der Waals surface area contributed by atoms with Gasteiger partial charge in [-0.25, -0.2) is 9.59 Å². The summed E-state index contributed by atoms with van der Waals surface area (Å²) < 4.78 is 7.43. The number of hydrogen-bond acceptors (Lipinski definition) is 7. The van der Waals surface area contributed by atoms with E-state index in [-0.39, 0.29) is 36.6 Å². The molecule has 12 nitrogen and oxygen atoms in total. The molecule has 4 rings (SSSR count). The summed E-state index contributed by atoms with van der Waals surface area (Å²) in [6.07, 6.45) is 2.76. The third-order valence-electron chi connectivity index (χ3n) is 7.22. The maximum atomic E-state index is 13.1. The average Bonchev–Trinajstić information content (AvgIpc) is 2.95. The summed E-state index contributed by atoms with van der Waals surface area (Å²) in [5, 5.41) is 20.5. The summed E-state index contributed by atoms with van der Waals surface area (Å²) in [5.74, 6) is -1.50. The minimum absolute atomic E-state index is 0.178. The Bertz CT molecular complexity index is 1130. The van der Waals surface area contributed by atoms with Crippen LogP contribution in [0.5, 0.6) is 5.88 Å². The van der Waals surface area contributed by atoms with Gasteiger partial charge in [-0.15, -0.1) is 0 Å². The molecule has 0 bridgehead atoms. The molecule has 1 aromatic heterocycles. The van der Waals surface area contributed by atoms with Crippen LogP contribution in [0.2, 0.25) is 0 Å². The molecule has 33 heavy (non-hydrogen) atoms. The molecule has 2 aliphatic heterocycles. The van der Waals surface area contributed by atoms with E-state index < -0.39 is 40.6 Å².